The number of hydrogen-bond acceptors (Lipinski definition) is 8. The van der Waals surface area contributed by atoms with Crippen LogP contribution in [0.3, 0.4) is 0 Å². The fourth-order valence-electron chi connectivity index (χ4n) is 3.09. The van der Waals surface area contributed by atoms with Crippen LogP contribution in [0.1, 0.15) is 17.0 Å². The molecule has 0 saturated heterocycles. The molecule has 0 fully saturated rings. The van der Waals surface area contributed by atoms with Gasteiger partial charge in [-0.3, -0.25) is 9.36 Å². The maximum absolute atomic E-state index is 13.3. The van der Waals surface area contributed by atoms with Crippen LogP contribution in [0.15, 0.2) is 58.5 Å². The standard InChI is InChI=1S/C22H23N7OS/c1-14-8-10-15(11-9-14)12-29-19(30)16-6-4-5-7-17(16)24-22(29)31-13-18-25-20(23)27-21(26-18)28(2)3/h4-11H,12-13H2,1-3H3,(H2,23,25,26,27). The van der Waals surface area contributed by atoms with Gasteiger partial charge < -0.3 is 10.6 Å². The number of fused-ring (bicyclic) bond motifs is 1. The van der Waals surface area contributed by atoms with E-state index in [9.17, 15) is 4.79 Å². The zero-order chi connectivity index (χ0) is 22.0. The van der Waals surface area contributed by atoms with Crippen molar-refractivity contribution in [1.82, 2.24) is 24.5 Å². The lowest BCUT2D eigenvalue weighted by atomic mass is 10.1. The summed E-state index contributed by atoms with van der Waals surface area (Å²) in [6, 6.07) is 15.5. The molecule has 4 aromatic rings. The third kappa shape index (κ3) is 4.66. The molecule has 0 unspecified atom stereocenters. The zero-order valence-corrected chi connectivity index (χ0v) is 18.4. The minimum absolute atomic E-state index is 0.0715. The molecular formula is C22H23N7OS. The molecule has 0 aliphatic heterocycles. The van der Waals surface area contributed by atoms with Crippen molar-refractivity contribution in [1.29, 1.82) is 0 Å². The van der Waals surface area contributed by atoms with E-state index in [1.54, 1.807) is 15.5 Å². The van der Waals surface area contributed by atoms with E-state index in [-0.39, 0.29) is 11.5 Å². The van der Waals surface area contributed by atoms with Gasteiger partial charge in [0.25, 0.3) is 5.56 Å². The van der Waals surface area contributed by atoms with Gasteiger partial charge in [-0.25, -0.2) is 4.98 Å². The molecule has 2 aromatic carbocycles. The molecule has 2 aromatic heterocycles. The van der Waals surface area contributed by atoms with Gasteiger partial charge in [-0.1, -0.05) is 53.7 Å². The molecule has 31 heavy (non-hydrogen) atoms. The number of thioether (sulfide) groups is 1. The molecule has 0 aliphatic carbocycles. The van der Waals surface area contributed by atoms with Gasteiger partial charge in [0, 0.05) is 14.1 Å². The molecule has 4 rings (SSSR count). The summed E-state index contributed by atoms with van der Waals surface area (Å²) in [5.74, 6) is 1.60. The summed E-state index contributed by atoms with van der Waals surface area (Å²) in [5.41, 5.74) is 8.64. The maximum atomic E-state index is 13.3. The Hall–Kier alpha value is -3.46. The van der Waals surface area contributed by atoms with Gasteiger partial charge in [-0.2, -0.15) is 15.0 Å². The lowest BCUT2D eigenvalue weighted by Crippen LogP contribution is -2.24. The summed E-state index contributed by atoms with van der Waals surface area (Å²) in [6.45, 7) is 2.47. The molecule has 2 N–H and O–H groups in total. The third-order valence-corrected chi connectivity index (χ3v) is 5.68. The number of rotatable bonds is 6. The van der Waals surface area contributed by atoms with Gasteiger partial charge in [0.05, 0.1) is 23.2 Å². The Kier molecular flexibility index (Phi) is 5.85. The van der Waals surface area contributed by atoms with Crippen LogP contribution in [0.4, 0.5) is 11.9 Å². The van der Waals surface area contributed by atoms with E-state index in [0.29, 0.717) is 40.1 Å². The molecule has 0 spiro atoms. The van der Waals surface area contributed by atoms with Crippen LogP contribution in [0.25, 0.3) is 10.9 Å². The van der Waals surface area contributed by atoms with Crippen LogP contribution < -0.4 is 16.2 Å². The number of hydrogen-bond donors (Lipinski definition) is 1. The molecule has 0 atom stereocenters. The largest absolute Gasteiger partial charge is 0.368 e. The average Bonchev–Trinajstić information content (AvgIpc) is 2.75. The number of aryl methyl sites for hydroxylation is 1. The van der Waals surface area contributed by atoms with Crippen molar-refractivity contribution in [3.05, 3.63) is 75.8 Å². The van der Waals surface area contributed by atoms with Crippen LogP contribution in [-0.4, -0.2) is 38.6 Å². The lowest BCUT2D eigenvalue weighted by Gasteiger charge is -2.14. The van der Waals surface area contributed by atoms with Crippen molar-refractivity contribution in [2.75, 3.05) is 24.7 Å². The second kappa shape index (κ2) is 8.73. The van der Waals surface area contributed by atoms with Crippen molar-refractivity contribution >= 4 is 34.6 Å². The Morgan fingerprint density at radius 3 is 2.48 bits per heavy atom. The Morgan fingerprint density at radius 1 is 1.00 bits per heavy atom. The second-order valence-electron chi connectivity index (χ2n) is 7.38. The molecule has 0 radical (unpaired) electrons. The lowest BCUT2D eigenvalue weighted by molar-refractivity contribution is 0.657. The topological polar surface area (TPSA) is 103 Å². The number of aromatic nitrogens is 5. The Bertz CT molecular complexity index is 1290. The first-order valence-corrected chi connectivity index (χ1v) is 10.7. The molecule has 8 nitrogen and oxygen atoms in total. The number of nitrogen functional groups attached to an aromatic ring is 1. The van der Waals surface area contributed by atoms with E-state index in [4.69, 9.17) is 10.7 Å². The summed E-state index contributed by atoms with van der Waals surface area (Å²) >= 11 is 1.41. The Labute approximate surface area is 184 Å². The van der Waals surface area contributed by atoms with E-state index < -0.39 is 0 Å². The predicted molar refractivity (Wildman–Crippen MR) is 124 cm³/mol. The monoisotopic (exact) mass is 433 g/mol. The van der Waals surface area contributed by atoms with E-state index in [0.717, 1.165) is 5.56 Å². The molecule has 0 bridgehead atoms. The highest BCUT2D eigenvalue weighted by atomic mass is 32.2. The molecular weight excluding hydrogens is 410 g/mol. The van der Waals surface area contributed by atoms with Crippen molar-refractivity contribution in [3.8, 4) is 0 Å². The van der Waals surface area contributed by atoms with Gasteiger partial charge in [0.15, 0.2) is 5.16 Å². The highest BCUT2D eigenvalue weighted by Gasteiger charge is 2.14. The number of benzene rings is 2. The van der Waals surface area contributed by atoms with Gasteiger partial charge in [-0.05, 0) is 24.6 Å². The summed E-state index contributed by atoms with van der Waals surface area (Å²) in [5, 5.41) is 1.20. The SMILES string of the molecule is Cc1ccc(Cn2c(SCc3nc(N)nc(N(C)C)n3)nc3ccccc3c2=O)cc1. The summed E-state index contributed by atoms with van der Waals surface area (Å²) in [7, 11) is 3.69. The van der Waals surface area contributed by atoms with Gasteiger partial charge in [0.2, 0.25) is 11.9 Å². The smallest absolute Gasteiger partial charge is 0.262 e. The van der Waals surface area contributed by atoms with Crippen LogP contribution in [0.5, 0.6) is 0 Å². The van der Waals surface area contributed by atoms with E-state index in [2.05, 4.69) is 15.0 Å². The van der Waals surface area contributed by atoms with Gasteiger partial charge >= 0.3 is 0 Å². The zero-order valence-electron chi connectivity index (χ0n) is 17.6. The number of nitrogens with two attached hydrogens (primary N) is 1. The molecule has 0 aliphatic rings. The Morgan fingerprint density at radius 2 is 1.74 bits per heavy atom. The van der Waals surface area contributed by atoms with E-state index in [1.807, 2.05) is 63.5 Å². The van der Waals surface area contributed by atoms with Crippen LogP contribution in [0.2, 0.25) is 0 Å². The molecule has 0 amide bonds. The van der Waals surface area contributed by atoms with Crippen LogP contribution >= 0.6 is 11.8 Å². The fourth-order valence-corrected chi connectivity index (χ4v) is 3.95. The minimum Gasteiger partial charge on any atom is -0.368 e. The van der Waals surface area contributed by atoms with Gasteiger partial charge in [-0.15, -0.1) is 0 Å². The summed E-state index contributed by atoms with van der Waals surface area (Å²) in [6.07, 6.45) is 0. The molecule has 2 heterocycles. The quantitative estimate of drug-likeness (QED) is 0.366. The van der Waals surface area contributed by atoms with Crippen LogP contribution in [0, 0.1) is 6.92 Å². The number of nitrogens with zero attached hydrogens (tertiary/aromatic N) is 6. The molecule has 9 heteroatoms. The summed E-state index contributed by atoms with van der Waals surface area (Å²) < 4.78 is 1.70. The minimum atomic E-state index is -0.0715. The first-order valence-electron chi connectivity index (χ1n) is 9.76. The van der Waals surface area contributed by atoms with Gasteiger partial charge in [0.1, 0.15) is 5.82 Å². The predicted octanol–water partition coefficient (Wildman–Crippen LogP) is 2.88. The number of anilines is 2. The maximum Gasteiger partial charge on any atom is 0.262 e. The van der Waals surface area contributed by atoms with E-state index >= 15 is 0 Å². The van der Waals surface area contributed by atoms with Crippen molar-refractivity contribution < 1.29 is 0 Å². The first-order chi connectivity index (χ1) is 14.9. The second-order valence-corrected chi connectivity index (χ2v) is 8.32. The third-order valence-electron chi connectivity index (χ3n) is 4.71. The number of para-hydroxylation sites is 1. The summed E-state index contributed by atoms with van der Waals surface area (Å²) in [4.78, 5) is 32.6. The molecule has 158 valence electrons. The average molecular weight is 434 g/mol. The first kappa shape index (κ1) is 20.8. The highest BCUT2D eigenvalue weighted by Crippen LogP contribution is 2.22. The molecule has 0 saturated carbocycles. The van der Waals surface area contributed by atoms with E-state index in [1.165, 1.54) is 17.3 Å². The van der Waals surface area contributed by atoms with Crippen molar-refractivity contribution in [2.24, 2.45) is 0 Å². The fraction of sp³-hybridized carbons (Fsp3) is 0.227. The Balaban J connectivity index is 1.72. The normalized spacial score (nSPS) is 11.1. The van der Waals surface area contributed by atoms with Crippen molar-refractivity contribution in [3.63, 3.8) is 0 Å². The highest BCUT2D eigenvalue weighted by molar-refractivity contribution is 7.98. The van der Waals surface area contributed by atoms with Crippen molar-refractivity contribution in [2.45, 2.75) is 24.4 Å². The van der Waals surface area contributed by atoms with Crippen LogP contribution in [-0.2, 0) is 12.3 Å².